The van der Waals surface area contributed by atoms with Gasteiger partial charge < -0.3 is 5.32 Å². The zero-order valence-corrected chi connectivity index (χ0v) is 10.5. The van der Waals surface area contributed by atoms with E-state index in [1.807, 2.05) is 12.2 Å². The summed E-state index contributed by atoms with van der Waals surface area (Å²) in [5.41, 5.74) is 0.233. The maximum Gasteiger partial charge on any atom is 0.240 e. The van der Waals surface area contributed by atoms with Gasteiger partial charge >= 0.3 is 0 Å². The molecular weight excluding hydrogens is 252 g/mol. The van der Waals surface area contributed by atoms with Crippen LogP contribution in [0, 0.1) is 5.92 Å². The van der Waals surface area contributed by atoms with Gasteiger partial charge in [-0.25, -0.2) is 13.6 Å². The number of carbonyl (C=O) groups is 1. The molecule has 3 N–H and O–H groups in total. The van der Waals surface area contributed by atoms with Gasteiger partial charge in [-0.1, -0.05) is 24.3 Å². The van der Waals surface area contributed by atoms with Crippen molar-refractivity contribution in [3.63, 3.8) is 0 Å². The number of rotatable bonds is 3. The van der Waals surface area contributed by atoms with E-state index in [4.69, 9.17) is 5.14 Å². The van der Waals surface area contributed by atoms with Crippen LogP contribution in [0.1, 0.15) is 12.8 Å². The minimum Gasteiger partial charge on any atom is -0.325 e. The zero-order chi connectivity index (χ0) is 13.2. The number of para-hydroxylation sites is 1. The van der Waals surface area contributed by atoms with Gasteiger partial charge in [0.1, 0.15) is 4.90 Å². The molecule has 1 amide bonds. The van der Waals surface area contributed by atoms with Gasteiger partial charge in [-0.2, -0.15) is 0 Å². The number of hydrogen-bond acceptors (Lipinski definition) is 3. The van der Waals surface area contributed by atoms with E-state index in [0.29, 0.717) is 12.8 Å². The highest BCUT2D eigenvalue weighted by Crippen LogP contribution is 2.23. The summed E-state index contributed by atoms with van der Waals surface area (Å²) < 4.78 is 22.7. The number of anilines is 1. The molecule has 0 saturated carbocycles. The normalized spacial score (nSPS) is 15.8. The second-order valence-electron chi connectivity index (χ2n) is 4.17. The minimum atomic E-state index is -3.83. The van der Waals surface area contributed by atoms with Gasteiger partial charge in [0.2, 0.25) is 15.9 Å². The number of hydrogen-bond donors (Lipinski definition) is 2. The molecule has 0 heterocycles. The first-order valence-electron chi connectivity index (χ1n) is 5.56. The maximum atomic E-state index is 11.9. The molecule has 2 rings (SSSR count). The summed E-state index contributed by atoms with van der Waals surface area (Å²) in [4.78, 5) is 11.8. The van der Waals surface area contributed by atoms with Gasteiger partial charge in [-0.15, -0.1) is 0 Å². The van der Waals surface area contributed by atoms with Crippen molar-refractivity contribution in [1.82, 2.24) is 0 Å². The minimum absolute atomic E-state index is 0.0655. The van der Waals surface area contributed by atoms with E-state index < -0.39 is 10.0 Å². The molecule has 0 bridgehead atoms. The van der Waals surface area contributed by atoms with Gasteiger partial charge in [0.25, 0.3) is 0 Å². The summed E-state index contributed by atoms with van der Waals surface area (Å²) >= 11 is 0. The molecule has 6 heteroatoms. The topological polar surface area (TPSA) is 89.3 Å². The monoisotopic (exact) mass is 266 g/mol. The summed E-state index contributed by atoms with van der Waals surface area (Å²) in [6, 6.07) is 6.11. The van der Waals surface area contributed by atoms with E-state index in [9.17, 15) is 13.2 Å². The third kappa shape index (κ3) is 2.77. The van der Waals surface area contributed by atoms with E-state index in [-0.39, 0.29) is 22.4 Å². The van der Waals surface area contributed by atoms with Crippen LogP contribution >= 0.6 is 0 Å². The molecule has 1 aromatic carbocycles. The Bertz CT molecular complexity index is 585. The van der Waals surface area contributed by atoms with Crippen molar-refractivity contribution in [3.05, 3.63) is 36.4 Å². The summed E-state index contributed by atoms with van der Waals surface area (Å²) in [7, 11) is -3.83. The Morgan fingerprint density at radius 2 is 1.83 bits per heavy atom. The third-order valence-corrected chi connectivity index (χ3v) is 3.80. The van der Waals surface area contributed by atoms with Gasteiger partial charge in [0, 0.05) is 5.92 Å². The maximum absolute atomic E-state index is 11.9. The Morgan fingerprint density at radius 1 is 1.22 bits per heavy atom. The molecule has 0 radical (unpaired) electrons. The molecule has 1 aliphatic rings. The van der Waals surface area contributed by atoms with Crippen LogP contribution < -0.4 is 10.5 Å². The van der Waals surface area contributed by atoms with Crippen LogP contribution in [0.2, 0.25) is 0 Å². The average Bonchev–Trinajstić information content (AvgIpc) is 2.81. The number of primary sulfonamides is 1. The van der Waals surface area contributed by atoms with E-state index in [0.717, 1.165) is 0 Å². The second-order valence-corrected chi connectivity index (χ2v) is 5.70. The van der Waals surface area contributed by atoms with Gasteiger partial charge in [-0.3, -0.25) is 4.79 Å². The van der Waals surface area contributed by atoms with Crippen molar-refractivity contribution in [2.24, 2.45) is 11.1 Å². The molecule has 0 spiro atoms. The molecule has 5 nitrogen and oxygen atoms in total. The van der Waals surface area contributed by atoms with Crippen LogP contribution in [-0.2, 0) is 14.8 Å². The Morgan fingerprint density at radius 3 is 2.44 bits per heavy atom. The fraction of sp³-hybridized carbons (Fsp3) is 0.250. The highest BCUT2D eigenvalue weighted by molar-refractivity contribution is 7.89. The van der Waals surface area contributed by atoms with Crippen molar-refractivity contribution < 1.29 is 13.2 Å². The molecule has 0 saturated heterocycles. The lowest BCUT2D eigenvalue weighted by atomic mass is 10.1. The smallest absolute Gasteiger partial charge is 0.240 e. The lowest BCUT2D eigenvalue weighted by Crippen LogP contribution is -2.23. The fourth-order valence-electron chi connectivity index (χ4n) is 1.88. The Hall–Kier alpha value is -1.66. The molecule has 0 aromatic heterocycles. The fourth-order valence-corrected chi connectivity index (χ4v) is 2.58. The van der Waals surface area contributed by atoms with Crippen LogP contribution in [0.4, 0.5) is 5.69 Å². The number of nitrogens with two attached hydrogens (primary N) is 1. The molecule has 18 heavy (non-hydrogen) atoms. The lowest BCUT2D eigenvalue weighted by molar-refractivity contribution is -0.119. The first-order chi connectivity index (χ1) is 8.48. The third-order valence-electron chi connectivity index (χ3n) is 2.83. The van der Waals surface area contributed by atoms with E-state index >= 15 is 0 Å². The Balaban J connectivity index is 2.21. The summed E-state index contributed by atoms with van der Waals surface area (Å²) in [5.74, 6) is -0.311. The zero-order valence-electron chi connectivity index (χ0n) is 9.67. The molecule has 1 aliphatic carbocycles. The van der Waals surface area contributed by atoms with Gasteiger partial charge in [-0.05, 0) is 25.0 Å². The molecule has 0 atom stereocenters. The van der Waals surface area contributed by atoms with Crippen molar-refractivity contribution in [1.29, 1.82) is 0 Å². The molecule has 0 unspecified atom stereocenters. The summed E-state index contributed by atoms with van der Waals surface area (Å²) in [6.45, 7) is 0. The van der Waals surface area contributed by atoms with Crippen molar-refractivity contribution in [2.45, 2.75) is 17.7 Å². The highest BCUT2D eigenvalue weighted by atomic mass is 32.2. The van der Waals surface area contributed by atoms with Gasteiger partial charge in [0.05, 0.1) is 5.69 Å². The van der Waals surface area contributed by atoms with E-state index in [1.54, 1.807) is 12.1 Å². The predicted octanol–water partition coefficient (Wildman–Crippen LogP) is 1.24. The average molecular weight is 266 g/mol. The molecule has 96 valence electrons. The number of carbonyl (C=O) groups excluding carboxylic acids is 1. The largest absolute Gasteiger partial charge is 0.325 e. The SMILES string of the molecule is NS(=O)(=O)c1ccccc1NC(=O)C1CC=CC1. The molecular formula is C12H14N2O3S. The summed E-state index contributed by atoms with van der Waals surface area (Å²) in [5, 5.41) is 7.72. The number of benzene rings is 1. The Kier molecular flexibility index (Phi) is 3.49. The Labute approximate surface area is 106 Å². The first kappa shape index (κ1) is 12.8. The molecule has 1 aromatic rings. The lowest BCUT2D eigenvalue weighted by Gasteiger charge is -2.12. The van der Waals surface area contributed by atoms with Crippen LogP contribution in [0.5, 0.6) is 0 Å². The first-order valence-corrected chi connectivity index (χ1v) is 7.11. The number of allylic oxidation sites excluding steroid dienone is 2. The van der Waals surface area contributed by atoms with Crippen molar-refractivity contribution in [3.8, 4) is 0 Å². The van der Waals surface area contributed by atoms with Crippen LogP contribution in [0.15, 0.2) is 41.3 Å². The molecule has 0 aliphatic heterocycles. The second kappa shape index (κ2) is 4.91. The van der Waals surface area contributed by atoms with Crippen LogP contribution in [-0.4, -0.2) is 14.3 Å². The number of amides is 1. The quantitative estimate of drug-likeness (QED) is 0.806. The van der Waals surface area contributed by atoms with Crippen molar-refractivity contribution >= 4 is 21.6 Å². The highest BCUT2D eigenvalue weighted by Gasteiger charge is 2.21. The number of sulfonamides is 1. The molecule has 0 fully saturated rings. The van der Waals surface area contributed by atoms with Gasteiger partial charge in [0.15, 0.2) is 0 Å². The standard InChI is InChI=1S/C12H14N2O3S/c13-18(16,17)11-8-4-3-7-10(11)14-12(15)9-5-1-2-6-9/h1-4,7-9H,5-6H2,(H,14,15)(H2,13,16,17). The van der Waals surface area contributed by atoms with E-state index in [2.05, 4.69) is 5.32 Å². The van der Waals surface area contributed by atoms with E-state index in [1.165, 1.54) is 12.1 Å². The summed E-state index contributed by atoms with van der Waals surface area (Å²) in [6.07, 6.45) is 5.25. The van der Waals surface area contributed by atoms with Crippen LogP contribution in [0.25, 0.3) is 0 Å². The predicted molar refractivity (Wildman–Crippen MR) is 68.3 cm³/mol. The van der Waals surface area contributed by atoms with Crippen LogP contribution in [0.3, 0.4) is 0 Å². The number of nitrogens with one attached hydrogen (secondary N) is 1. The van der Waals surface area contributed by atoms with Crippen molar-refractivity contribution in [2.75, 3.05) is 5.32 Å².